The number of para-hydroxylation sites is 1. The second-order valence-electron chi connectivity index (χ2n) is 7.76. The summed E-state index contributed by atoms with van der Waals surface area (Å²) in [5.41, 5.74) is 3.62. The Labute approximate surface area is 181 Å². The van der Waals surface area contributed by atoms with Crippen LogP contribution in [0.15, 0.2) is 52.4 Å². The first-order valence-electron chi connectivity index (χ1n) is 10.1. The predicted octanol–water partition coefficient (Wildman–Crippen LogP) is 2.28. The van der Waals surface area contributed by atoms with E-state index in [1.54, 1.807) is 10.6 Å². The number of nitrogens with zero attached hydrogens (tertiary/aromatic N) is 2. The van der Waals surface area contributed by atoms with Crippen LogP contribution >= 0.6 is 11.8 Å². The maximum absolute atomic E-state index is 13.0. The van der Waals surface area contributed by atoms with E-state index < -0.39 is 0 Å². The summed E-state index contributed by atoms with van der Waals surface area (Å²) in [7, 11) is 4.18. The highest BCUT2D eigenvalue weighted by atomic mass is 32.2. The monoisotopic (exact) mass is 425 g/mol. The number of aryl methyl sites for hydroxylation is 1. The second kappa shape index (κ2) is 9.91. The average Bonchev–Trinajstić information content (AvgIpc) is 2.71. The van der Waals surface area contributed by atoms with Gasteiger partial charge in [-0.1, -0.05) is 36.0 Å². The first-order chi connectivity index (χ1) is 14.4. The van der Waals surface area contributed by atoms with Crippen LogP contribution in [-0.2, 0) is 11.3 Å². The van der Waals surface area contributed by atoms with Crippen molar-refractivity contribution in [3.05, 3.63) is 63.9 Å². The molecule has 3 aromatic rings. The Morgan fingerprint density at radius 1 is 1.13 bits per heavy atom. The maximum atomic E-state index is 13.0. The fraction of sp³-hybridized carbons (Fsp3) is 0.348. The fourth-order valence-electron chi connectivity index (χ4n) is 3.25. The third-order valence-electron chi connectivity index (χ3n) is 5.10. The third-order valence-corrected chi connectivity index (χ3v) is 6.07. The molecule has 1 heterocycles. The molecule has 3 rings (SSSR count). The van der Waals surface area contributed by atoms with Gasteiger partial charge in [0.25, 0.3) is 5.56 Å². The van der Waals surface area contributed by atoms with E-state index in [4.69, 9.17) is 0 Å². The Kier molecular flexibility index (Phi) is 7.29. The molecule has 7 heteroatoms. The van der Waals surface area contributed by atoms with Crippen molar-refractivity contribution in [2.45, 2.75) is 32.0 Å². The van der Waals surface area contributed by atoms with Crippen molar-refractivity contribution in [3.63, 3.8) is 0 Å². The number of hydrogen-bond acceptors (Lipinski definition) is 4. The molecule has 0 unspecified atom stereocenters. The van der Waals surface area contributed by atoms with Crippen LogP contribution in [0.5, 0.6) is 0 Å². The average molecular weight is 426 g/mol. The van der Waals surface area contributed by atoms with Gasteiger partial charge in [0, 0.05) is 18.7 Å². The molecule has 0 radical (unpaired) electrons. The van der Waals surface area contributed by atoms with Gasteiger partial charge < -0.3 is 10.2 Å². The van der Waals surface area contributed by atoms with Crippen LogP contribution in [0.4, 0.5) is 5.69 Å². The van der Waals surface area contributed by atoms with E-state index in [9.17, 15) is 9.59 Å². The molecule has 0 atom stereocenters. The zero-order valence-electron chi connectivity index (χ0n) is 18.0. The smallest absolute Gasteiger partial charge is 0.262 e. The lowest BCUT2D eigenvalue weighted by Crippen LogP contribution is -3.05. The molecule has 0 aliphatic rings. The van der Waals surface area contributed by atoms with Crippen molar-refractivity contribution in [2.75, 3.05) is 31.7 Å². The number of aromatic nitrogens is 2. The van der Waals surface area contributed by atoms with Gasteiger partial charge in [0.15, 0.2) is 5.16 Å². The van der Waals surface area contributed by atoms with E-state index in [1.165, 1.54) is 16.7 Å². The molecular formula is C23H29N4O2S+. The van der Waals surface area contributed by atoms with Crippen LogP contribution in [0, 0.1) is 13.8 Å². The molecule has 0 aliphatic heterocycles. The SMILES string of the molecule is Cc1cccc(NC(=O)CSc2nc3ccccc3c(=O)n2CCC[NH+](C)C)c1C. The van der Waals surface area contributed by atoms with E-state index in [-0.39, 0.29) is 17.2 Å². The summed E-state index contributed by atoms with van der Waals surface area (Å²) >= 11 is 1.31. The lowest BCUT2D eigenvalue weighted by atomic mass is 10.1. The van der Waals surface area contributed by atoms with Gasteiger partial charge in [-0.25, -0.2) is 4.98 Å². The molecule has 0 bridgehead atoms. The van der Waals surface area contributed by atoms with Crippen LogP contribution < -0.4 is 15.8 Å². The Balaban J connectivity index is 1.80. The minimum Gasteiger partial charge on any atom is -0.340 e. The topological polar surface area (TPSA) is 68.4 Å². The van der Waals surface area contributed by atoms with E-state index in [2.05, 4.69) is 24.4 Å². The lowest BCUT2D eigenvalue weighted by Gasteiger charge is -2.14. The zero-order valence-corrected chi connectivity index (χ0v) is 18.8. The minimum atomic E-state index is -0.111. The number of thioether (sulfide) groups is 1. The number of hydrogen-bond donors (Lipinski definition) is 2. The molecule has 6 nitrogen and oxygen atoms in total. The van der Waals surface area contributed by atoms with Crippen molar-refractivity contribution in [3.8, 4) is 0 Å². The van der Waals surface area contributed by atoms with E-state index in [1.807, 2.05) is 50.2 Å². The van der Waals surface area contributed by atoms with E-state index in [0.717, 1.165) is 29.8 Å². The van der Waals surface area contributed by atoms with Crippen LogP contribution in [0.2, 0.25) is 0 Å². The van der Waals surface area contributed by atoms with Gasteiger partial charge >= 0.3 is 0 Å². The summed E-state index contributed by atoms with van der Waals surface area (Å²) in [5.74, 6) is 0.0808. The summed E-state index contributed by atoms with van der Waals surface area (Å²) in [5, 5.41) is 4.17. The number of carbonyl (C=O) groups excluding carboxylic acids is 1. The lowest BCUT2D eigenvalue weighted by molar-refractivity contribution is -0.858. The number of fused-ring (bicyclic) bond motifs is 1. The summed E-state index contributed by atoms with van der Waals surface area (Å²) < 4.78 is 1.71. The maximum Gasteiger partial charge on any atom is 0.262 e. The Hall–Kier alpha value is -2.64. The van der Waals surface area contributed by atoms with Gasteiger partial charge in [0.05, 0.1) is 37.3 Å². The number of rotatable bonds is 8. The van der Waals surface area contributed by atoms with Gasteiger partial charge in [0.1, 0.15) is 0 Å². The summed E-state index contributed by atoms with van der Waals surface area (Å²) in [6.45, 7) is 5.56. The van der Waals surface area contributed by atoms with Crippen molar-refractivity contribution in [1.82, 2.24) is 9.55 Å². The van der Waals surface area contributed by atoms with E-state index in [0.29, 0.717) is 22.6 Å². The Morgan fingerprint density at radius 2 is 1.90 bits per heavy atom. The number of benzene rings is 2. The molecule has 1 aromatic heterocycles. The fourth-order valence-corrected chi connectivity index (χ4v) is 4.07. The number of amides is 1. The minimum absolute atomic E-state index is 0.0493. The van der Waals surface area contributed by atoms with Crippen LogP contribution in [-0.4, -0.2) is 41.9 Å². The molecule has 0 fully saturated rings. The van der Waals surface area contributed by atoms with Crippen molar-refractivity contribution < 1.29 is 9.69 Å². The largest absolute Gasteiger partial charge is 0.340 e. The van der Waals surface area contributed by atoms with Gasteiger partial charge in [0.2, 0.25) is 5.91 Å². The molecule has 0 spiro atoms. The summed E-state index contributed by atoms with van der Waals surface area (Å²) in [6.07, 6.45) is 0.866. The quantitative estimate of drug-likeness (QED) is 0.429. The molecule has 2 aromatic carbocycles. The zero-order chi connectivity index (χ0) is 21.7. The molecule has 1 amide bonds. The van der Waals surface area contributed by atoms with Crippen molar-refractivity contribution in [1.29, 1.82) is 0 Å². The normalized spacial score (nSPS) is 11.2. The summed E-state index contributed by atoms with van der Waals surface area (Å²) in [6, 6.07) is 13.2. The van der Waals surface area contributed by atoms with Crippen LogP contribution in [0.25, 0.3) is 10.9 Å². The molecule has 0 aliphatic carbocycles. The second-order valence-corrected chi connectivity index (χ2v) is 8.71. The molecule has 2 N–H and O–H groups in total. The van der Waals surface area contributed by atoms with Crippen molar-refractivity contribution in [2.24, 2.45) is 0 Å². The first kappa shape index (κ1) is 22.1. The third kappa shape index (κ3) is 5.29. The number of carbonyl (C=O) groups is 1. The highest BCUT2D eigenvalue weighted by Crippen LogP contribution is 2.21. The van der Waals surface area contributed by atoms with Gasteiger partial charge in [-0.3, -0.25) is 14.2 Å². The van der Waals surface area contributed by atoms with Gasteiger partial charge in [-0.2, -0.15) is 0 Å². The van der Waals surface area contributed by atoms with E-state index >= 15 is 0 Å². The molecular weight excluding hydrogens is 396 g/mol. The predicted molar refractivity (Wildman–Crippen MR) is 124 cm³/mol. The highest BCUT2D eigenvalue weighted by Gasteiger charge is 2.14. The van der Waals surface area contributed by atoms with Crippen LogP contribution in [0.3, 0.4) is 0 Å². The van der Waals surface area contributed by atoms with Crippen LogP contribution in [0.1, 0.15) is 17.5 Å². The number of anilines is 1. The Bertz CT molecular complexity index is 1110. The molecule has 0 saturated heterocycles. The molecule has 158 valence electrons. The standard InChI is InChI=1S/C23H28N4O2S/c1-16-9-7-12-19(17(16)2)24-21(28)15-30-23-25-20-11-6-5-10-18(20)22(29)27(23)14-8-13-26(3)4/h5-7,9-12H,8,13-15H2,1-4H3,(H,24,28)/p+1. The first-order valence-corrected chi connectivity index (χ1v) is 11.1. The van der Waals surface area contributed by atoms with Gasteiger partial charge in [-0.15, -0.1) is 0 Å². The number of quaternary nitrogens is 1. The number of nitrogens with one attached hydrogen (secondary N) is 2. The van der Waals surface area contributed by atoms with Gasteiger partial charge in [-0.05, 0) is 43.2 Å². The van der Waals surface area contributed by atoms with Crippen molar-refractivity contribution >= 4 is 34.3 Å². The highest BCUT2D eigenvalue weighted by molar-refractivity contribution is 7.99. The Morgan fingerprint density at radius 3 is 2.67 bits per heavy atom. The molecule has 0 saturated carbocycles. The molecule has 30 heavy (non-hydrogen) atoms. The summed E-state index contributed by atoms with van der Waals surface area (Å²) in [4.78, 5) is 31.6.